The third kappa shape index (κ3) is 7.57. The largest absolute Gasteiger partial charge is 0.493 e. The lowest BCUT2D eigenvalue weighted by Crippen LogP contribution is -2.45. The molecule has 0 aliphatic carbocycles. The van der Waals surface area contributed by atoms with Gasteiger partial charge in [-0.3, -0.25) is 5.43 Å². The lowest BCUT2D eigenvalue weighted by molar-refractivity contribution is -0.136. The standard InChI is InChI=1S/C27H33BrN4O8/c1-6-38-20-11-16(24-23(26(34)37-5)15(3)30-27(35)31-24)8-9-19(20)40-14-22(33)32-29-13-17-10-18(28)12-21(36-4)25(17)39-7-2/h8-13,22,24,32-33H,6-7,14H2,1-5H3,(H2,30,31,35)/b29-13+/t22-,24+/m0/s1. The Hall–Kier alpha value is -3.97. The number of aliphatic hydroxyl groups is 1. The quantitative estimate of drug-likeness (QED) is 0.114. The fourth-order valence-corrected chi connectivity index (χ4v) is 4.40. The smallest absolute Gasteiger partial charge is 0.337 e. The summed E-state index contributed by atoms with van der Waals surface area (Å²) in [6.45, 7) is 5.91. The molecule has 40 heavy (non-hydrogen) atoms. The van der Waals surface area contributed by atoms with E-state index in [1.54, 1.807) is 38.3 Å². The van der Waals surface area contributed by atoms with E-state index in [1.807, 2.05) is 19.9 Å². The number of halogens is 1. The van der Waals surface area contributed by atoms with Crippen LogP contribution in [0.4, 0.5) is 4.79 Å². The van der Waals surface area contributed by atoms with Crippen LogP contribution in [0.5, 0.6) is 23.0 Å². The summed E-state index contributed by atoms with van der Waals surface area (Å²) < 4.78 is 28.3. The lowest BCUT2D eigenvalue weighted by atomic mass is 9.95. The van der Waals surface area contributed by atoms with E-state index in [9.17, 15) is 14.7 Å². The highest BCUT2D eigenvalue weighted by molar-refractivity contribution is 9.10. The summed E-state index contributed by atoms with van der Waals surface area (Å²) >= 11 is 3.43. The summed E-state index contributed by atoms with van der Waals surface area (Å²) in [5, 5.41) is 19.8. The maximum Gasteiger partial charge on any atom is 0.337 e. The number of carbonyl (C=O) groups excluding carboxylic acids is 2. The first kappa shape index (κ1) is 30.6. The molecule has 0 spiro atoms. The van der Waals surface area contributed by atoms with E-state index >= 15 is 0 Å². The number of carbonyl (C=O) groups is 2. The van der Waals surface area contributed by atoms with Crippen LogP contribution in [0.2, 0.25) is 0 Å². The van der Waals surface area contributed by atoms with E-state index in [0.717, 1.165) is 4.47 Å². The fraction of sp³-hybridized carbons (Fsp3) is 0.370. The van der Waals surface area contributed by atoms with Gasteiger partial charge in [0, 0.05) is 15.7 Å². The first-order valence-corrected chi connectivity index (χ1v) is 13.2. The van der Waals surface area contributed by atoms with Gasteiger partial charge >= 0.3 is 12.0 Å². The van der Waals surface area contributed by atoms with Gasteiger partial charge in [-0.2, -0.15) is 5.10 Å². The number of aliphatic hydroxyl groups excluding tert-OH is 1. The van der Waals surface area contributed by atoms with Crippen molar-refractivity contribution in [3.05, 3.63) is 57.2 Å². The molecule has 1 heterocycles. The SMILES string of the molecule is CCOc1cc([C@H]2NC(=O)NC(C)=C2C(=O)OC)ccc1OC[C@H](O)N/N=C/c1cc(Br)cc(OC)c1OCC. The van der Waals surface area contributed by atoms with Crippen LogP contribution in [0.15, 0.2) is 51.2 Å². The number of urea groups is 1. The van der Waals surface area contributed by atoms with Gasteiger partial charge in [0.15, 0.2) is 29.2 Å². The normalized spacial score (nSPS) is 15.7. The number of benzene rings is 2. The van der Waals surface area contributed by atoms with Crippen LogP contribution < -0.4 is 35.0 Å². The van der Waals surface area contributed by atoms with Gasteiger partial charge in [0.1, 0.15) is 6.61 Å². The van der Waals surface area contributed by atoms with Gasteiger partial charge in [-0.15, -0.1) is 0 Å². The average Bonchev–Trinajstić information content (AvgIpc) is 2.92. The summed E-state index contributed by atoms with van der Waals surface area (Å²) in [4.78, 5) is 24.5. The molecule has 0 saturated heterocycles. The maximum atomic E-state index is 12.4. The minimum absolute atomic E-state index is 0.159. The summed E-state index contributed by atoms with van der Waals surface area (Å²) in [5.41, 5.74) is 4.50. The number of allylic oxidation sites excluding steroid dienone is 1. The molecule has 0 aromatic heterocycles. The van der Waals surface area contributed by atoms with E-state index < -0.39 is 24.3 Å². The number of amides is 2. The number of hydrazone groups is 1. The van der Waals surface area contributed by atoms with E-state index in [4.69, 9.17) is 23.7 Å². The number of esters is 1. The zero-order valence-electron chi connectivity index (χ0n) is 22.9. The molecular weight excluding hydrogens is 588 g/mol. The molecule has 0 fully saturated rings. The van der Waals surface area contributed by atoms with Crippen molar-refractivity contribution in [1.82, 2.24) is 16.1 Å². The number of hydrogen-bond acceptors (Lipinski definition) is 10. The molecule has 0 bridgehead atoms. The second-order valence-corrected chi connectivity index (χ2v) is 9.29. The van der Waals surface area contributed by atoms with Crippen molar-refractivity contribution in [2.45, 2.75) is 33.0 Å². The molecule has 3 rings (SSSR count). The van der Waals surface area contributed by atoms with Crippen molar-refractivity contribution < 1.29 is 38.4 Å². The minimum atomic E-state index is -1.16. The molecule has 12 nitrogen and oxygen atoms in total. The van der Waals surface area contributed by atoms with Crippen molar-refractivity contribution >= 4 is 34.1 Å². The molecule has 0 saturated carbocycles. The Labute approximate surface area is 240 Å². The number of rotatable bonds is 13. The predicted molar refractivity (Wildman–Crippen MR) is 151 cm³/mol. The van der Waals surface area contributed by atoms with Crippen LogP contribution in [-0.4, -0.2) is 63.6 Å². The fourth-order valence-electron chi connectivity index (χ4n) is 3.95. The molecule has 2 aromatic carbocycles. The van der Waals surface area contributed by atoms with Gasteiger partial charge in [-0.25, -0.2) is 9.59 Å². The highest BCUT2D eigenvalue weighted by atomic mass is 79.9. The first-order chi connectivity index (χ1) is 19.2. The highest BCUT2D eigenvalue weighted by Crippen LogP contribution is 2.35. The van der Waals surface area contributed by atoms with Crippen LogP contribution in [0, 0.1) is 0 Å². The molecule has 1 aliphatic heterocycles. The Morgan fingerprint density at radius 1 is 1.12 bits per heavy atom. The topological polar surface area (TPSA) is 149 Å². The zero-order valence-corrected chi connectivity index (χ0v) is 24.5. The summed E-state index contributed by atoms with van der Waals surface area (Å²) in [6, 6.07) is 7.39. The van der Waals surface area contributed by atoms with Gasteiger partial charge in [-0.1, -0.05) is 22.0 Å². The molecule has 0 unspecified atom stereocenters. The van der Waals surface area contributed by atoms with Crippen LogP contribution in [0.25, 0.3) is 0 Å². The van der Waals surface area contributed by atoms with Gasteiger partial charge in [0.05, 0.1) is 45.3 Å². The van der Waals surface area contributed by atoms with Crippen LogP contribution >= 0.6 is 15.9 Å². The Morgan fingerprint density at radius 3 is 2.55 bits per heavy atom. The van der Waals surface area contributed by atoms with Crippen LogP contribution in [0.1, 0.15) is 37.9 Å². The summed E-state index contributed by atoms with van der Waals surface area (Å²) in [5.74, 6) is 1.22. The highest BCUT2D eigenvalue weighted by Gasteiger charge is 2.32. The van der Waals surface area contributed by atoms with Crippen LogP contribution in [-0.2, 0) is 9.53 Å². The number of nitrogens with zero attached hydrogens (tertiary/aromatic N) is 1. The van der Waals surface area contributed by atoms with E-state index in [2.05, 4.69) is 37.1 Å². The summed E-state index contributed by atoms with van der Waals surface area (Å²) in [7, 11) is 2.82. The Morgan fingerprint density at radius 2 is 1.88 bits per heavy atom. The molecule has 0 radical (unpaired) electrons. The molecule has 4 N–H and O–H groups in total. The Kier molecular flexibility index (Phi) is 11.0. The maximum absolute atomic E-state index is 12.4. The lowest BCUT2D eigenvalue weighted by Gasteiger charge is -2.28. The average molecular weight is 621 g/mol. The molecule has 2 aromatic rings. The molecule has 2 amide bonds. The van der Waals surface area contributed by atoms with Crippen molar-refractivity contribution in [1.29, 1.82) is 0 Å². The van der Waals surface area contributed by atoms with E-state index in [-0.39, 0.29) is 12.2 Å². The van der Waals surface area contributed by atoms with Crippen molar-refractivity contribution in [3.8, 4) is 23.0 Å². The molecule has 216 valence electrons. The third-order valence-corrected chi connectivity index (χ3v) is 6.11. The van der Waals surface area contributed by atoms with Gasteiger partial charge < -0.3 is 39.4 Å². The molecule has 1 aliphatic rings. The van der Waals surface area contributed by atoms with Gasteiger partial charge in [-0.05, 0) is 50.6 Å². The number of ether oxygens (including phenoxy) is 5. The second kappa shape index (κ2) is 14.4. The second-order valence-electron chi connectivity index (χ2n) is 8.37. The number of hydrogen-bond donors (Lipinski definition) is 4. The zero-order chi connectivity index (χ0) is 29.2. The van der Waals surface area contributed by atoms with Crippen LogP contribution in [0.3, 0.4) is 0 Å². The van der Waals surface area contributed by atoms with Crippen molar-refractivity contribution in [2.24, 2.45) is 5.10 Å². The Balaban J connectivity index is 1.73. The van der Waals surface area contributed by atoms with Crippen molar-refractivity contribution in [2.75, 3.05) is 34.0 Å². The van der Waals surface area contributed by atoms with Gasteiger partial charge in [0.2, 0.25) is 0 Å². The minimum Gasteiger partial charge on any atom is -0.493 e. The summed E-state index contributed by atoms with van der Waals surface area (Å²) in [6.07, 6.45) is 0.346. The molecule has 13 heteroatoms. The number of nitrogens with one attached hydrogen (secondary N) is 3. The number of methoxy groups -OCH3 is 2. The van der Waals surface area contributed by atoms with Gasteiger partial charge in [0.25, 0.3) is 0 Å². The third-order valence-electron chi connectivity index (χ3n) is 5.66. The first-order valence-electron chi connectivity index (χ1n) is 12.4. The monoisotopic (exact) mass is 620 g/mol. The predicted octanol–water partition coefficient (Wildman–Crippen LogP) is 3.38. The van der Waals surface area contributed by atoms with E-state index in [0.29, 0.717) is 53.0 Å². The van der Waals surface area contributed by atoms with E-state index in [1.165, 1.54) is 13.3 Å². The van der Waals surface area contributed by atoms with Crippen molar-refractivity contribution in [3.63, 3.8) is 0 Å². The molecular formula is C27H33BrN4O8. The Bertz CT molecular complexity index is 1280. The molecule has 2 atom stereocenters.